The normalized spacial score (nSPS) is 19.4. The van der Waals surface area contributed by atoms with Crippen LogP contribution in [0.4, 0.5) is 0 Å². The Morgan fingerprint density at radius 2 is 1.33 bits per heavy atom. The summed E-state index contributed by atoms with van der Waals surface area (Å²) in [6.45, 7) is 1.71. The van der Waals surface area contributed by atoms with Crippen molar-refractivity contribution in [3.8, 4) is 23.7 Å². The van der Waals surface area contributed by atoms with E-state index in [-0.39, 0.29) is 0 Å². The van der Waals surface area contributed by atoms with Crippen LogP contribution >= 0.6 is 0 Å². The minimum atomic E-state index is 0.856. The van der Waals surface area contributed by atoms with Gasteiger partial charge in [0.15, 0.2) is 0 Å². The van der Waals surface area contributed by atoms with E-state index in [0.717, 1.165) is 25.9 Å². The van der Waals surface area contributed by atoms with Crippen molar-refractivity contribution in [1.82, 2.24) is 4.90 Å². The Labute approximate surface area is 75.1 Å². The summed E-state index contributed by atoms with van der Waals surface area (Å²) in [7, 11) is 2.06. The molecule has 1 aliphatic rings. The van der Waals surface area contributed by atoms with Gasteiger partial charge in [-0.2, -0.15) is 0 Å². The van der Waals surface area contributed by atoms with E-state index in [0.29, 0.717) is 0 Å². The minimum Gasteiger partial charge on any atom is -0.284 e. The highest BCUT2D eigenvalue weighted by Gasteiger charge is 1.91. The van der Waals surface area contributed by atoms with E-state index in [4.69, 9.17) is 0 Å². The summed E-state index contributed by atoms with van der Waals surface area (Å²) in [6.07, 6.45) is 4.47. The molecule has 1 aliphatic heterocycles. The molecule has 0 N–H and O–H groups in total. The fourth-order valence-electron chi connectivity index (χ4n) is 1.04. The van der Waals surface area contributed by atoms with Crippen molar-refractivity contribution in [3.05, 3.63) is 0 Å². The van der Waals surface area contributed by atoms with Crippen molar-refractivity contribution in [2.24, 2.45) is 0 Å². The van der Waals surface area contributed by atoms with Gasteiger partial charge in [0.1, 0.15) is 0 Å². The van der Waals surface area contributed by atoms with Gasteiger partial charge in [-0.15, -0.1) is 11.8 Å². The van der Waals surface area contributed by atoms with Crippen LogP contribution in [0.15, 0.2) is 0 Å². The monoisotopic (exact) mass is 161 g/mol. The second-order valence-electron chi connectivity index (χ2n) is 3.09. The topological polar surface area (TPSA) is 3.24 Å². The lowest BCUT2D eigenvalue weighted by atomic mass is 10.2. The first-order valence-corrected chi connectivity index (χ1v) is 4.49. The average molecular weight is 161 g/mol. The molecule has 64 valence electrons. The van der Waals surface area contributed by atoms with Crippen LogP contribution in [-0.4, -0.2) is 25.0 Å². The quantitative estimate of drug-likeness (QED) is 0.487. The van der Waals surface area contributed by atoms with Crippen LogP contribution in [-0.2, 0) is 0 Å². The average Bonchev–Trinajstić information content (AvgIpc) is 2.11. The van der Waals surface area contributed by atoms with E-state index in [2.05, 4.69) is 35.6 Å². The third kappa shape index (κ3) is 4.06. The Balaban J connectivity index is 2.42. The summed E-state index contributed by atoms with van der Waals surface area (Å²) in [4.78, 5) is 2.14. The third-order valence-corrected chi connectivity index (χ3v) is 1.80. The lowest BCUT2D eigenvalue weighted by molar-refractivity contribution is 0.425. The van der Waals surface area contributed by atoms with Gasteiger partial charge in [-0.05, 0) is 19.9 Å². The Bertz CT molecular complexity index is 207. The minimum absolute atomic E-state index is 0.856. The molecule has 0 unspecified atom stereocenters. The van der Waals surface area contributed by atoms with Crippen molar-refractivity contribution in [1.29, 1.82) is 0 Å². The first kappa shape index (κ1) is 9.17. The van der Waals surface area contributed by atoms with E-state index in [1.165, 1.54) is 12.8 Å². The van der Waals surface area contributed by atoms with E-state index in [9.17, 15) is 0 Å². The Morgan fingerprint density at radius 3 is 1.83 bits per heavy atom. The number of nitrogens with zero attached hydrogens (tertiary/aromatic N) is 1. The van der Waals surface area contributed by atoms with Gasteiger partial charge < -0.3 is 0 Å². The van der Waals surface area contributed by atoms with Gasteiger partial charge in [0, 0.05) is 12.8 Å². The predicted octanol–water partition coefficient (Wildman–Crippen LogP) is 1.50. The molecule has 0 radical (unpaired) electrons. The van der Waals surface area contributed by atoms with Gasteiger partial charge in [0.2, 0.25) is 0 Å². The molecule has 0 fully saturated rings. The molecule has 0 aromatic heterocycles. The van der Waals surface area contributed by atoms with Crippen LogP contribution in [0.1, 0.15) is 25.7 Å². The molecule has 0 bridgehead atoms. The second kappa shape index (κ2) is 5.70. The van der Waals surface area contributed by atoms with Crippen molar-refractivity contribution < 1.29 is 0 Å². The molecule has 0 amide bonds. The number of hydrogen-bond acceptors (Lipinski definition) is 1. The summed E-state index contributed by atoms with van der Waals surface area (Å²) in [5.41, 5.74) is 0. The molecule has 1 rings (SSSR count). The molecule has 0 aliphatic carbocycles. The van der Waals surface area contributed by atoms with Crippen molar-refractivity contribution in [2.45, 2.75) is 25.7 Å². The maximum Gasteiger partial charge on any atom is 0.0607 e. The largest absolute Gasteiger partial charge is 0.284 e. The van der Waals surface area contributed by atoms with Gasteiger partial charge in [-0.1, -0.05) is 11.8 Å². The molecule has 1 heteroatoms. The van der Waals surface area contributed by atoms with E-state index < -0.39 is 0 Å². The fourth-order valence-corrected chi connectivity index (χ4v) is 1.04. The molecule has 0 atom stereocenters. The maximum atomic E-state index is 3.17. The Hall–Kier alpha value is -0.920. The molecule has 1 nitrogen and oxygen atoms in total. The molecular weight excluding hydrogens is 146 g/mol. The van der Waals surface area contributed by atoms with E-state index >= 15 is 0 Å². The highest BCUT2D eigenvalue weighted by molar-refractivity contribution is 5.06. The molecule has 0 aromatic carbocycles. The molecule has 12 heavy (non-hydrogen) atoms. The summed E-state index contributed by atoms with van der Waals surface area (Å²) in [5.74, 6) is 12.6. The van der Waals surface area contributed by atoms with Gasteiger partial charge >= 0.3 is 0 Å². The summed E-state index contributed by atoms with van der Waals surface area (Å²) < 4.78 is 0. The van der Waals surface area contributed by atoms with Gasteiger partial charge in [0.25, 0.3) is 0 Å². The van der Waals surface area contributed by atoms with Crippen LogP contribution in [0, 0.1) is 23.7 Å². The third-order valence-electron chi connectivity index (χ3n) is 1.80. The molecule has 0 aromatic rings. The van der Waals surface area contributed by atoms with E-state index in [1.807, 2.05) is 0 Å². The lowest BCUT2D eigenvalue weighted by Gasteiger charge is -2.06. The van der Waals surface area contributed by atoms with Crippen LogP contribution in [0.2, 0.25) is 0 Å². The first-order valence-electron chi connectivity index (χ1n) is 4.49. The summed E-state index contributed by atoms with van der Waals surface area (Å²) >= 11 is 0. The van der Waals surface area contributed by atoms with Crippen molar-refractivity contribution in [3.63, 3.8) is 0 Å². The maximum absolute atomic E-state index is 3.17. The van der Waals surface area contributed by atoms with Gasteiger partial charge in [-0.3, -0.25) is 4.90 Å². The summed E-state index contributed by atoms with van der Waals surface area (Å²) in [5, 5.41) is 0. The zero-order valence-corrected chi connectivity index (χ0v) is 7.69. The molecule has 1 heterocycles. The highest BCUT2D eigenvalue weighted by atomic mass is 15.1. The van der Waals surface area contributed by atoms with Gasteiger partial charge in [-0.25, -0.2) is 0 Å². The Morgan fingerprint density at radius 1 is 0.833 bits per heavy atom. The fraction of sp³-hybridized carbons (Fsp3) is 0.636. The standard InChI is InChI=1S/C11H15N/c1-12-10-8-6-4-2-3-5-7-9-11-12/h2-5,10-11H2,1H3. The van der Waals surface area contributed by atoms with E-state index in [1.54, 1.807) is 0 Å². The smallest absolute Gasteiger partial charge is 0.0607 e. The molecular formula is C11H15N. The van der Waals surface area contributed by atoms with Crippen LogP contribution in [0.5, 0.6) is 0 Å². The summed E-state index contributed by atoms with van der Waals surface area (Å²) in [6, 6.07) is 0. The Kier molecular flexibility index (Phi) is 4.35. The first-order chi connectivity index (χ1) is 5.89. The molecule has 0 saturated carbocycles. The lowest BCUT2D eigenvalue weighted by Crippen LogP contribution is -2.18. The second-order valence-corrected chi connectivity index (χ2v) is 3.09. The zero-order chi connectivity index (χ0) is 8.65. The molecule has 0 saturated heterocycles. The van der Waals surface area contributed by atoms with Crippen molar-refractivity contribution in [2.75, 3.05) is 20.1 Å². The molecule has 0 spiro atoms. The van der Waals surface area contributed by atoms with Crippen molar-refractivity contribution >= 4 is 0 Å². The number of hydrogen-bond donors (Lipinski definition) is 0. The predicted molar refractivity (Wildman–Crippen MR) is 51.5 cm³/mol. The number of rotatable bonds is 0. The van der Waals surface area contributed by atoms with Crippen LogP contribution < -0.4 is 0 Å². The van der Waals surface area contributed by atoms with Crippen LogP contribution in [0.25, 0.3) is 0 Å². The van der Waals surface area contributed by atoms with Gasteiger partial charge in [0.05, 0.1) is 13.1 Å². The SMILES string of the molecule is CN1CC#CCCCCC#CC1. The van der Waals surface area contributed by atoms with Crippen LogP contribution in [0.3, 0.4) is 0 Å². The highest BCUT2D eigenvalue weighted by Crippen LogP contribution is 1.97. The zero-order valence-electron chi connectivity index (χ0n) is 7.69.